The first-order valence-corrected chi connectivity index (χ1v) is 9.12. The predicted molar refractivity (Wildman–Crippen MR) is 101 cm³/mol. The van der Waals surface area contributed by atoms with Crippen LogP contribution in [0.25, 0.3) is 0 Å². The van der Waals surface area contributed by atoms with Crippen LogP contribution < -0.4 is 27.4 Å². The predicted octanol–water partition coefficient (Wildman–Crippen LogP) is -3.08. The fourth-order valence-electron chi connectivity index (χ4n) is 1.97. The van der Waals surface area contributed by atoms with Gasteiger partial charge in [-0.3, -0.25) is 19.2 Å². The van der Waals surface area contributed by atoms with Crippen LogP contribution in [0.3, 0.4) is 0 Å². The van der Waals surface area contributed by atoms with Crippen molar-refractivity contribution in [2.45, 2.75) is 50.4 Å². The molecule has 4 atom stereocenters. The Bertz CT molecular complexity index is 521. The molecule has 156 valence electrons. The van der Waals surface area contributed by atoms with E-state index in [1.807, 2.05) is 0 Å². The second kappa shape index (κ2) is 13.3. The number of hydrogen-bond donors (Lipinski definition) is 8. The van der Waals surface area contributed by atoms with Crippen LogP contribution >= 0.6 is 12.6 Å². The van der Waals surface area contributed by atoms with E-state index in [0.717, 1.165) is 0 Å². The molecule has 3 amide bonds. The third kappa shape index (κ3) is 9.56. The van der Waals surface area contributed by atoms with Gasteiger partial charge in [0.25, 0.3) is 0 Å². The van der Waals surface area contributed by atoms with Crippen molar-refractivity contribution < 1.29 is 29.4 Å². The van der Waals surface area contributed by atoms with Crippen molar-refractivity contribution in [2.24, 2.45) is 11.5 Å². The van der Waals surface area contributed by atoms with Gasteiger partial charge in [-0.15, -0.1) is 0 Å². The maximum absolute atomic E-state index is 12.5. The minimum Gasteiger partial charge on any atom is -0.480 e. The number of rotatable bonds is 13. The monoisotopic (exact) mass is 407 g/mol. The summed E-state index contributed by atoms with van der Waals surface area (Å²) in [6.45, 7) is 0.905. The van der Waals surface area contributed by atoms with Gasteiger partial charge in [-0.2, -0.15) is 12.6 Å². The number of carboxylic acids is 1. The molecule has 0 aromatic rings. The third-order valence-electron chi connectivity index (χ3n) is 3.66. The molecule has 0 fully saturated rings. The number of carbonyl (C=O) groups excluding carboxylic acids is 3. The molecule has 0 rings (SSSR count). The Morgan fingerprint density at radius 3 is 2.04 bits per heavy atom. The first kappa shape index (κ1) is 25.1. The molecule has 0 aromatic carbocycles. The van der Waals surface area contributed by atoms with Crippen LogP contribution in [0.5, 0.6) is 0 Å². The number of aliphatic hydroxyl groups excluding tert-OH is 1. The summed E-state index contributed by atoms with van der Waals surface area (Å²) < 4.78 is 0. The average Bonchev–Trinajstić information content (AvgIpc) is 2.63. The number of hydrogen-bond acceptors (Lipinski definition) is 8. The van der Waals surface area contributed by atoms with Gasteiger partial charge in [0, 0.05) is 5.75 Å². The summed E-state index contributed by atoms with van der Waals surface area (Å²) in [5.74, 6) is -3.33. The lowest BCUT2D eigenvalue weighted by atomic mass is 10.1. The number of amides is 3. The Balaban J connectivity index is 5.01. The van der Waals surface area contributed by atoms with Gasteiger partial charge in [0.05, 0.1) is 12.6 Å². The highest BCUT2D eigenvalue weighted by atomic mass is 32.1. The third-order valence-corrected chi connectivity index (χ3v) is 4.05. The first-order valence-electron chi connectivity index (χ1n) is 8.49. The number of nitrogens with one attached hydrogen (secondary N) is 3. The van der Waals surface area contributed by atoms with Gasteiger partial charge in [0.1, 0.15) is 18.1 Å². The minimum absolute atomic E-state index is 0.0811. The largest absolute Gasteiger partial charge is 0.480 e. The molecule has 0 bridgehead atoms. The number of carboxylic acid groups (broad SMARTS) is 1. The van der Waals surface area contributed by atoms with Crippen LogP contribution in [0.4, 0.5) is 0 Å². The summed E-state index contributed by atoms with van der Waals surface area (Å²) in [7, 11) is 0. The maximum atomic E-state index is 12.5. The second-order valence-electron chi connectivity index (χ2n) is 5.95. The van der Waals surface area contributed by atoms with Crippen LogP contribution in [0.15, 0.2) is 0 Å². The number of thiol groups is 1. The Morgan fingerprint density at radius 2 is 1.56 bits per heavy atom. The molecular weight excluding hydrogens is 378 g/mol. The fourth-order valence-corrected chi connectivity index (χ4v) is 2.13. The molecule has 0 saturated heterocycles. The van der Waals surface area contributed by atoms with E-state index in [0.29, 0.717) is 19.4 Å². The van der Waals surface area contributed by atoms with E-state index in [2.05, 4.69) is 28.6 Å². The van der Waals surface area contributed by atoms with Gasteiger partial charge in [0.15, 0.2) is 0 Å². The summed E-state index contributed by atoms with van der Waals surface area (Å²) >= 11 is 3.92. The Labute approximate surface area is 163 Å². The molecule has 0 saturated carbocycles. The van der Waals surface area contributed by atoms with E-state index < -0.39 is 54.5 Å². The topological polar surface area (TPSA) is 197 Å². The lowest BCUT2D eigenvalue weighted by Gasteiger charge is -2.23. The van der Waals surface area contributed by atoms with E-state index in [-0.39, 0.29) is 12.2 Å². The molecule has 27 heavy (non-hydrogen) atoms. The molecule has 0 aliphatic heterocycles. The fraction of sp³-hybridized carbons (Fsp3) is 0.733. The van der Waals surface area contributed by atoms with Crippen molar-refractivity contribution >= 4 is 36.3 Å². The van der Waals surface area contributed by atoms with E-state index in [1.165, 1.54) is 6.92 Å². The highest BCUT2D eigenvalue weighted by Gasteiger charge is 2.28. The quantitative estimate of drug-likeness (QED) is 0.116. The zero-order valence-electron chi connectivity index (χ0n) is 15.2. The van der Waals surface area contributed by atoms with Crippen molar-refractivity contribution in [1.82, 2.24) is 16.0 Å². The Hall–Kier alpha value is -1.89. The summed E-state index contributed by atoms with van der Waals surface area (Å²) in [6, 6.07) is -4.47. The van der Waals surface area contributed by atoms with E-state index >= 15 is 0 Å². The van der Waals surface area contributed by atoms with Gasteiger partial charge >= 0.3 is 5.97 Å². The van der Waals surface area contributed by atoms with Crippen molar-refractivity contribution in [1.29, 1.82) is 0 Å². The number of aliphatic carboxylic acids is 1. The Kier molecular flexibility index (Phi) is 12.4. The molecule has 0 aliphatic carbocycles. The smallest absolute Gasteiger partial charge is 0.325 e. The Morgan fingerprint density at radius 1 is 1.00 bits per heavy atom. The summed E-state index contributed by atoms with van der Waals surface area (Å²) in [6.07, 6.45) is 1.41. The standard InChI is InChI=1S/C15H29N5O6S/c1-8(15(25)26)18-14(24)11(6-21)20-13(23)10(4-2-3-5-16)19-12(22)9(17)7-27/h8-11,21,27H,2-7,16-17H2,1H3,(H,18,24)(H,19,22)(H,20,23)(H,25,26). The summed E-state index contributed by atoms with van der Waals surface area (Å²) in [5.41, 5.74) is 11.0. The molecule has 0 aliphatic rings. The highest BCUT2D eigenvalue weighted by molar-refractivity contribution is 7.80. The van der Waals surface area contributed by atoms with Crippen LogP contribution in [0.2, 0.25) is 0 Å². The van der Waals surface area contributed by atoms with Crippen molar-refractivity contribution in [2.75, 3.05) is 18.9 Å². The second-order valence-corrected chi connectivity index (χ2v) is 6.31. The molecule has 0 heterocycles. The summed E-state index contributed by atoms with van der Waals surface area (Å²) in [5, 5.41) is 25.1. The number of unbranched alkanes of at least 4 members (excludes halogenated alkanes) is 1. The van der Waals surface area contributed by atoms with Crippen LogP contribution in [0.1, 0.15) is 26.2 Å². The van der Waals surface area contributed by atoms with Crippen LogP contribution in [-0.4, -0.2) is 77.0 Å². The van der Waals surface area contributed by atoms with Gasteiger partial charge in [-0.1, -0.05) is 0 Å². The lowest BCUT2D eigenvalue weighted by Crippen LogP contribution is -2.58. The van der Waals surface area contributed by atoms with Gasteiger partial charge < -0.3 is 37.6 Å². The van der Waals surface area contributed by atoms with Gasteiger partial charge in [-0.05, 0) is 32.7 Å². The van der Waals surface area contributed by atoms with Crippen LogP contribution in [0, 0.1) is 0 Å². The molecular formula is C15H29N5O6S. The van der Waals surface area contributed by atoms with Crippen molar-refractivity contribution in [3.8, 4) is 0 Å². The molecule has 12 heteroatoms. The number of nitrogens with two attached hydrogens (primary N) is 2. The normalized spacial score (nSPS) is 15.1. The zero-order chi connectivity index (χ0) is 21.0. The van der Waals surface area contributed by atoms with E-state index in [4.69, 9.17) is 16.6 Å². The van der Waals surface area contributed by atoms with E-state index in [9.17, 15) is 24.3 Å². The van der Waals surface area contributed by atoms with Gasteiger partial charge in [-0.25, -0.2) is 0 Å². The van der Waals surface area contributed by atoms with Crippen molar-refractivity contribution in [3.63, 3.8) is 0 Å². The molecule has 0 radical (unpaired) electrons. The van der Waals surface area contributed by atoms with E-state index in [1.54, 1.807) is 0 Å². The minimum atomic E-state index is -1.37. The van der Waals surface area contributed by atoms with Gasteiger partial charge in [0.2, 0.25) is 17.7 Å². The first-order chi connectivity index (χ1) is 12.7. The molecule has 9 N–H and O–H groups in total. The zero-order valence-corrected chi connectivity index (χ0v) is 16.1. The molecule has 11 nitrogen and oxygen atoms in total. The highest BCUT2D eigenvalue weighted by Crippen LogP contribution is 2.03. The van der Waals surface area contributed by atoms with Crippen molar-refractivity contribution in [3.05, 3.63) is 0 Å². The average molecular weight is 407 g/mol. The van der Waals surface area contributed by atoms with Crippen LogP contribution in [-0.2, 0) is 19.2 Å². The molecule has 0 spiro atoms. The number of aliphatic hydroxyl groups is 1. The number of carbonyl (C=O) groups is 4. The summed E-state index contributed by atoms with van der Waals surface area (Å²) in [4.78, 5) is 47.2. The SMILES string of the molecule is CC(NC(=O)C(CO)NC(=O)C(CCCCN)NC(=O)C(N)CS)C(=O)O. The lowest BCUT2D eigenvalue weighted by molar-refractivity contribution is -0.142. The molecule has 4 unspecified atom stereocenters. The maximum Gasteiger partial charge on any atom is 0.325 e. The molecule has 0 aromatic heterocycles.